The van der Waals surface area contributed by atoms with Crippen molar-refractivity contribution in [1.82, 2.24) is 0 Å². The second kappa shape index (κ2) is 10.4. The van der Waals surface area contributed by atoms with Crippen LogP contribution in [-0.2, 0) is 0 Å². The van der Waals surface area contributed by atoms with Crippen LogP contribution in [0.3, 0.4) is 0 Å². The minimum atomic E-state index is -0.441. The average Bonchev–Trinajstić information content (AvgIpc) is 3.59. The molecule has 0 bridgehead atoms. The zero-order valence-corrected chi connectivity index (χ0v) is 24.0. The molecule has 210 valence electrons. The topological polar surface area (TPSA) is 13.1 Å². The van der Waals surface area contributed by atoms with E-state index in [1.165, 1.54) is 0 Å². The van der Waals surface area contributed by atoms with E-state index < -0.39 is 24.2 Å². The lowest BCUT2D eigenvalue weighted by Crippen LogP contribution is -1.92. The zero-order valence-electron chi connectivity index (χ0n) is 32.0. The molecule has 0 aliphatic carbocycles. The maximum absolute atomic E-state index is 9.43. The van der Waals surface area contributed by atoms with Crippen LogP contribution in [0.5, 0.6) is 0 Å². The minimum absolute atomic E-state index is 0.162. The van der Waals surface area contributed by atoms with Crippen LogP contribution < -0.4 is 0 Å². The third-order valence-electron chi connectivity index (χ3n) is 8.52. The Morgan fingerprint density at radius 2 is 0.933 bits per heavy atom. The molecule has 1 heteroatoms. The maximum atomic E-state index is 9.43. The van der Waals surface area contributed by atoms with Gasteiger partial charge in [-0.25, -0.2) is 0 Å². The summed E-state index contributed by atoms with van der Waals surface area (Å²) in [4.78, 5) is 0. The summed E-state index contributed by atoms with van der Waals surface area (Å²) in [5.41, 5.74) is 6.53. The summed E-state index contributed by atoms with van der Waals surface area (Å²) in [5.74, 6) is 0. The van der Waals surface area contributed by atoms with E-state index in [-0.39, 0.29) is 45.7 Å². The molecule has 0 aliphatic rings. The molecule has 45 heavy (non-hydrogen) atoms. The highest BCUT2D eigenvalue weighted by Crippen LogP contribution is 2.47. The minimum Gasteiger partial charge on any atom is -0.456 e. The highest BCUT2D eigenvalue weighted by molar-refractivity contribution is 6.25. The highest BCUT2D eigenvalue weighted by Gasteiger charge is 2.21. The Bertz CT molecular complexity index is 2890. The number of hydrogen-bond donors (Lipinski definition) is 0. The predicted molar refractivity (Wildman–Crippen MR) is 190 cm³/mol. The lowest BCUT2D eigenvalue weighted by atomic mass is 9.83. The molecule has 0 amide bonds. The summed E-state index contributed by atoms with van der Waals surface area (Å²) in [6, 6.07) is 35.5. The highest BCUT2D eigenvalue weighted by atomic mass is 16.3. The van der Waals surface area contributed by atoms with E-state index >= 15 is 0 Å². The second-order valence-corrected chi connectivity index (χ2v) is 11.0. The van der Waals surface area contributed by atoms with Gasteiger partial charge in [-0.3, -0.25) is 0 Å². The van der Waals surface area contributed by atoms with Gasteiger partial charge < -0.3 is 4.42 Å². The number of furan rings is 1. The van der Waals surface area contributed by atoms with Gasteiger partial charge in [-0.2, -0.15) is 0 Å². The van der Waals surface area contributed by atoms with E-state index in [4.69, 9.17) is 9.90 Å². The van der Waals surface area contributed by atoms with E-state index in [1.807, 2.05) is 115 Å². The van der Waals surface area contributed by atoms with E-state index in [2.05, 4.69) is 0 Å². The molecule has 0 fully saturated rings. The number of rotatable bonds is 4. The van der Waals surface area contributed by atoms with E-state index in [1.54, 1.807) is 6.07 Å². The first-order chi connectivity index (χ1) is 25.7. The first-order valence-corrected chi connectivity index (χ1v) is 14.8. The van der Waals surface area contributed by atoms with Crippen molar-refractivity contribution >= 4 is 43.5 Å². The van der Waals surface area contributed by atoms with Crippen LogP contribution in [0.2, 0.25) is 0 Å². The molecule has 1 aromatic heterocycles. The Balaban J connectivity index is 1.54. The third kappa shape index (κ3) is 4.09. The monoisotopic (exact) mass is 580 g/mol. The first-order valence-electron chi connectivity index (χ1n) is 18.8. The number of fused-ring (bicyclic) bond motifs is 5. The van der Waals surface area contributed by atoms with Gasteiger partial charge in [0.05, 0.1) is 11.0 Å². The standard InChI is InChI=1S/C44H28O/c1-3-14-29(15-4-1)32-27-26-31(28-39(32)30-16-5-2-6-17-30)42-33-18-7-9-20-35(33)43(36-21-10-8-19-34(36)42)38-23-13-25-41-44(38)37-22-11-12-24-40(37)45-41/h1-28H/i7D,8D,9D,10D,18D,19D,20D,21D. The molecule has 0 unspecified atom stereocenters. The Morgan fingerprint density at radius 1 is 0.378 bits per heavy atom. The van der Waals surface area contributed by atoms with Crippen LogP contribution in [0.25, 0.3) is 88.0 Å². The van der Waals surface area contributed by atoms with Gasteiger partial charge in [0.1, 0.15) is 11.2 Å². The van der Waals surface area contributed by atoms with Crippen LogP contribution in [0, 0.1) is 0 Å². The van der Waals surface area contributed by atoms with Crippen molar-refractivity contribution in [3.63, 3.8) is 0 Å². The zero-order chi connectivity index (χ0) is 36.7. The quantitative estimate of drug-likeness (QED) is 0.189. The average molecular weight is 581 g/mol. The molecular formula is C44H28O. The third-order valence-corrected chi connectivity index (χ3v) is 8.52. The molecule has 1 heterocycles. The molecule has 9 aromatic rings. The van der Waals surface area contributed by atoms with Gasteiger partial charge in [0.2, 0.25) is 0 Å². The van der Waals surface area contributed by atoms with Gasteiger partial charge in [-0.1, -0.05) is 151 Å². The van der Waals surface area contributed by atoms with E-state index in [0.717, 1.165) is 27.6 Å². The Labute approximate surface area is 272 Å². The first kappa shape index (κ1) is 18.7. The van der Waals surface area contributed by atoms with Crippen molar-refractivity contribution in [3.8, 4) is 44.5 Å². The SMILES string of the molecule is [2H]c1c([2H])c([2H])c2c(-c3cccc4oc5ccccc5c34)c3c([2H])c([2H])c([2H])c([2H])c3c(-c3ccc(-c4ccccc4)c(-c4ccccc4)c3)c2c1[2H]. The molecule has 0 aliphatic heterocycles. The normalized spacial score (nSPS) is 14.0. The number of para-hydroxylation sites is 1. The molecule has 0 saturated heterocycles. The second-order valence-electron chi connectivity index (χ2n) is 11.0. The summed E-state index contributed by atoms with van der Waals surface area (Å²) < 4.78 is 79.3. The molecule has 0 N–H and O–H groups in total. The summed E-state index contributed by atoms with van der Waals surface area (Å²) in [7, 11) is 0. The lowest BCUT2D eigenvalue weighted by molar-refractivity contribution is 0.669. The molecule has 0 radical (unpaired) electrons. The van der Waals surface area contributed by atoms with Crippen molar-refractivity contribution in [2.24, 2.45) is 0 Å². The Hall–Kier alpha value is -5.92. The van der Waals surface area contributed by atoms with Crippen molar-refractivity contribution in [3.05, 3.63) is 170 Å². The molecular weight excluding hydrogens is 544 g/mol. The largest absolute Gasteiger partial charge is 0.456 e. The Morgan fingerprint density at radius 3 is 1.60 bits per heavy atom. The molecule has 1 nitrogen and oxygen atoms in total. The van der Waals surface area contributed by atoms with Crippen molar-refractivity contribution in [2.75, 3.05) is 0 Å². The van der Waals surface area contributed by atoms with Crippen LogP contribution in [0.1, 0.15) is 11.0 Å². The fraction of sp³-hybridized carbons (Fsp3) is 0. The van der Waals surface area contributed by atoms with Gasteiger partial charge in [-0.15, -0.1) is 0 Å². The smallest absolute Gasteiger partial charge is 0.136 e. The van der Waals surface area contributed by atoms with E-state index in [9.17, 15) is 5.48 Å². The summed E-state index contributed by atoms with van der Waals surface area (Å²) >= 11 is 0. The number of benzene rings is 8. The van der Waals surface area contributed by atoms with Crippen molar-refractivity contribution in [1.29, 1.82) is 0 Å². The van der Waals surface area contributed by atoms with Crippen LogP contribution in [0.15, 0.2) is 174 Å². The van der Waals surface area contributed by atoms with Gasteiger partial charge in [0, 0.05) is 10.8 Å². The summed E-state index contributed by atoms with van der Waals surface area (Å²) in [6.07, 6.45) is 0. The van der Waals surface area contributed by atoms with Gasteiger partial charge in [-0.05, 0) is 84.3 Å². The molecule has 0 saturated carbocycles. The molecule has 0 spiro atoms. The van der Waals surface area contributed by atoms with Crippen molar-refractivity contribution < 1.29 is 15.4 Å². The van der Waals surface area contributed by atoms with Crippen molar-refractivity contribution in [2.45, 2.75) is 0 Å². The predicted octanol–water partition coefficient (Wildman–Crippen LogP) is 12.6. The molecule has 9 rings (SSSR count). The Kier molecular flexibility index (Phi) is 4.30. The summed E-state index contributed by atoms with van der Waals surface area (Å²) in [5, 5.41) is 2.11. The van der Waals surface area contributed by atoms with Crippen LogP contribution in [0.4, 0.5) is 0 Å². The molecule has 0 atom stereocenters. The maximum Gasteiger partial charge on any atom is 0.136 e. The van der Waals surface area contributed by atoms with Gasteiger partial charge in [0.25, 0.3) is 0 Å². The molecule has 8 aromatic carbocycles. The summed E-state index contributed by atoms with van der Waals surface area (Å²) in [6.45, 7) is 0. The van der Waals surface area contributed by atoms with Gasteiger partial charge >= 0.3 is 0 Å². The fourth-order valence-corrected chi connectivity index (χ4v) is 6.59. The lowest BCUT2D eigenvalue weighted by Gasteiger charge is -2.19. The van der Waals surface area contributed by atoms with E-state index in [0.29, 0.717) is 38.8 Å². The number of hydrogen-bond acceptors (Lipinski definition) is 1. The fourth-order valence-electron chi connectivity index (χ4n) is 6.59. The van der Waals surface area contributed by atoms with Gasteiger partial charge in [0.15, 0.2) is 0 Å². The van der Waals surface area contributed by atoms with Crippen LogP contribution in [-0.4, -0.2) is 0 Å². The van der Waals surface area contributed by atoms with Crippen LogP contribution >= 0.6 is 0 Å².